The Morgan fingerprint density at radius 1 is 1.53 bits per heavy atom. The van der Waals surface area contributed by atoms with E-state index in [-0.39, 0.29) is 11.9 Å². The molecule has 104 valence electrons. The van der Waals surface area contributed by atoms with Crippen LogP contribution in [0.15, 0.2) is 12.4 Å². The molecule has 0 aromatic carbocycles. The van der Waals surface area contributed by atoms with E-state index in [1.54, 1.807) is 11.1 Å². The van der Waals surface area contributed by atoms with Gasteiger partial charge in [-0.15, -0.1) is 0 Å². The molecule has 1 aliphatic carbocycles. The minimum Gasteiger partial charge on any atom is -0.369 e. The fourth-order valence-corrected chi connectivity index (χ4v) is 2.07. The summed E-state index contributed by atoms with van der Waals surface area (Å²) >= 11 is 0. The molecule has 1 aromatic heterocycles. The third-order valence-corrected chi connectivity index (χ3v) is 3.65. The average molecular weight is 262 g/mol. The van der Waals surface area contributed by atoms with Crippen molar-refractivity contribution >= 4 is 11.7 Å². The SMILES string of the molecule is CCCNc1cncc(C(=O)N(C)C(C)C2CC2)n1. The van der Waals surface area contributed by atoms with Gasteiger partial charge in [0.25, 0.3) is 5.91 Å². The molecule has 1 unspecified atom stereocenters. The second kappa shape index (κ2) is 5.99. The van der Waals surface area contributed by atoms with Gasteiger partial charge in [0, 0.05) is 19.6 Å². The molecule has 1 heterocycles. The van der Waals surface area contributed by atoms with E-state index >= 15 is 0 Å². The number of hydrogen-bond acceptors (Lipinski definition) is 4. The molecule has 1 aromatic rings. The number of aromatic nitrogens is 2. The number of carbonyl (C=O) groups is 1. The van der Waals surface area contributed by atoms with Crippen molar-refractivity contribution in [1.82, 2.24) is 14.9 Å². The van der Waals surface area contributed by atoms with E-state index in [9.17, 15) is 4.79 Å². The van der Waals surface area contributed by atoms with Crippen LogP contribution in [0.4, 0.5) is 5.82 Å². The Hall–Kier alpha value is -1.65. The van der Waals surface area contributed by atoms with Crippen LogP contribution >= 0.6 is 0 Å². The summed E-state index contributed by atoms with van der Waals surface area (Å²) in [5, 5.41) is 3.15. The van der Waals surface area contributed by atoms with E-state index in [0.717, 1.165) is 13.0 Å². The largest absolute Gasteiger partial charge is 0.369 e. The van der Waals surface area contributed by atoms with Crippen LogP contribution in [0.25, 0.3) is 0 Å². The number of anilines is 1. The number of nitrogens with one attached hydrogen (secondary N) is 1. The Kier molecular flexibility index (Phi) is 4.35. The zero-order valence-electron chi connectivity index (χ0n) is 11.9. The van der Waals surface area contributed by atoms with E-state index < -0.39 is 0 Å². The smallest absolute Gasteiger partial charge is 0.274 e. The topological polar surface area (TPSA) is 58.1 Å². The summed E-state index contributed by atoms with van der Waals surface area (Å²) in [7, 11) is 1.85. The van der Waals surface area contributed by atoms with Gasteiger partial charge in [-0.1, -0.05) is 6.92 Å². The minimum absolute atomic E-state index is 0.0490. The van der Waals surface area contributed by atoms with E-state index in [1.165, 1.54) is 19.0 Å². The molecule has 0 spiro atoms. The minimum atomic E-state index is -0.0490. The molecule has 1 saturated carbocycles. The quantitative estimate of drug-likeness (QED) is 0.853. The van der Waals surface area contributed by atoms with Gasteiger partial charge in [-0.25, -0.2) is 4.98 Å². The van der Waals surface area contributed by atoms with Crippen LogP contribution in [0.2, 0.25) is 0 Å². The Bertz CT molecular complexity index is 445. The molecule has 0 saturated heterocycles. The van der Waals surface area contributed by atoms with Gasteiger partial charge in [0.05, 0.1) is 12.4 Å². The van der Waals surface area contributed by atoms with Crippen LogP contribution < -0.4 is 5.32 Å². The summed E-state index contributed by atoms with van der Waals surface area (Å²) in [6, 6.07) is 0.279. The summed E-state index contributed by atoms with van der Waals surface area (Å²) in [5.74, 6) is 1.27. The lowest BCUT2D eigenvalue weighted by Gasteiger charge is -2.24. The van der Waals surface area contributed by atoms with Gasteiger partial charge in [-0.3, -0.25) is 9.78 Å². The Balaban J connectivity index is 2.05. The standard InChI is InChI=1S/C14H22N4O/c1-4-7-16-13-9-15-8-12(17-13)14(19)18(3)10(2)11-5-6-11/h8-11H,4-7H2,1-3H3,(H,16,17). The Labute approximate surface area is 114 Å². The molecule has 1 N–H and O–H groups in total. The second-order valence-corrected chi connectivity index (χ2v) is 5.21. The molecule has 19 heavy (non-hydrogen) atoms. The number of amides is 1. The third kappa shape index (κ3) is 3.43. The molecule has 1 aliphatic rings. The molecule has 5 heteroatoms. The molecule has 1 fully saturated rings. The highest BCUT2D eigenvalue weighted by molar-refractivity contribution is 5.92. The predicted octanol–water partition coefficient (Wildman–Crippen LogP) is 2.17. The van der Waals surface area contributed by atoms with Crippen molar-refractivity contribution in [3.63, 3.8) is 0 Å². The summed E-state index contributed by atoms with van der Waals surface area (Å²) in [4.78, 5) is 22.5. The monoisotopic (exact) mass is 262 g/mol. The van der Waals surface area contributed by atoms with Crippen LogP contribution in [0.1, 0.15) is 43.6 Å². The second-order valence-electron chi connectivity index (χ2n) is 5.21. The van der Waals surface area contributed by atoms with Gasteiger partial charge in [0.2, 0.25) is 0 Å². The maximum atomic E-state index is 12.3. The summed E-state index contributed by atoms with van der Waals surface area (Å²) in [5.41, 5.74) is 0.413. The number of rotatable bonds is 6. The first-order valence-electron chi connectivity index (χ1n) is 6.96. The lowest BCUT2D eigenvalue weighted by atomic mass is 10.2. The van der Waals surface area contributed by atoms with Crippen molar-refractivity contribution in [3.05, 3.63) is 18.1 Å². The molecule has 0 bridgehead atoms. The van der Waals surface area contributed by atoms with Crippen LogP contribution in [-0.4, -0.2) is 40.4 Å². The summed E-state index contributed by atoms with van der Waals surface area (Å²) in [6.45, 7) is 5.02. The zero-order valence-corrected chi connectivity index (χ0v) is 11.9. The highest BCUT2D eigenvalue weighted by Gasteiger charge is 2.33. The van der Waals surface area contributed by atoms with Crippen LogP contribution in [-0.2, 0) is 0 Å². The molecular weight excluding hydrogens is 240 g/mol. The fraction of sp³-hybridized carbons (Fsp3) is 0.643. The van der Waals surface area contributed by atoms with Crippen molar-refractivity contribution < 1.29 is 4.79 Å². The van der Waals surface area contributed by atoms with E-state index in [0.29, 0.717) is 17.4 Å². The maximum absolute atomic E-state index is 12.3. The van der Waals surface area contributed by atoms with Gasteiger partial charge in [0.1, 0.15) is 11.5 Å². The predicted molar refractivity (Wildman–Crippen MR) is 75.1 cm³/mol. The highest BCUT2D eigenvalue weighted by Crippen LogP contribution is 2.34. The van der Waals surface area contributed by atoms with Crippen molar-refractivity contribution in [2.45, 2.75) is 39.2 Å². The van der Waals surface area contributed by atoms with Gasteiger partial charge in [0.15, 0.2) is 0 Å². The lowest BCUT2D eigenvalue weighted by molar-refractivity contribution is 0.0721. The van der Waals surface area contributed by atoms with E-state index in [4.69, 9.17) is 0 Å². The van der Waals surface area contributed by atoms with Gasteiger partial charge in [-0.05, 0) is 32.1 Å². The molecule has 5 nitrogen and oxygen atoms in total. The molecule has 1 atom stereocenters. The first kappa shape index (κ1) is 13.8. The molecule has 2 rings (SSSR count). The normalized spacial score (nSPS) is 15.9. The van der Waals surface area contributed by atoms with Crippen LogP contribution in [0.3, 0.4) is 0 Å². The Morgan fingerprint density at radius 3 is 2.89 bits per heavy atom. The third-order valence-electron chi connectivity index (χ3n) is 3.65. The number of carbonyl (C=O) groups excluding carboxylic acids is 1. The number of nitrogens with zero attached hydrogens (tertiary/aromatic N) is 3. The zero-order chi connectivity index (χ0) is 13.8. The van der Waals surface area contributed by atoms with Crippen LogP contribution in [0, 0.1) is 5.92 Å². The molecule has 1 amide bonds. The summed E-state index contributed by atoms with van der Waals surface area (Å²) in [6.07, 6.45) is 6.65. The number of hydrogen-bond donors (Lipinski definition) is 1. The van der Waals surface area contributed by atoms with E-state index in [1.807, 2.05) is 7.05 Å². The summed E-state index contributed by atoms with van der Waals surface area (Å²) < 4.78 is 0. The van der Waals surface area contributed by atoms with Crippen molar-refractivity contribution in [2.24, 2.45) is 5.92 Å². The van der Waals surface area contributed by atoms with Crippen molar-refractivity contribution in [1.29, 1.82) is 0 Å². The lowest BCUT2D eigenvalue weighted by Crippen LogP contribution is -2.37. The van der Waals surface area contributed by atoms with Gasteiger partial charge in [-0.2, -0.15) is 0 Å². The fourth-order valence-electron chi connectivity index (χ4n) is 2.07. The van der Waals surface area contributed by atoms with Gasteiger partial charge >= 0.3 is 0 Å². The highest BCUT2D eigenvalue weighted by atomic mass is 16.2. The molecular formula is C14H22N4O. The van der Waals surface area contributed by atoms with Gasteiger partial charge < -0.3 is 10.2 Å². The van der Waals surface area contributed by atoms with Crippen molar-refractivity contribution in [3.8, 4) is 0 Å². The van der Waals surface area contributed by atoms with Crippen molar-refractivity contribution in [2.75, 3.05) is 18.9 Å². The molecule has 0 radical (unpaired) electrons. The average Bonchev–Trinajstić information content (AvgIpc) is 3.27. The van der Waals surface area contributed by atoms with E-state index in [2.05, 4.69) is 29.1 Å². The first-order valence-corrected chi connectivity index (χ1v) is 6.96. The van der Waals surface area contributed by atoms with Crippen LogP contribution in [0.5, 0.6) is 0 Å². The maximum Gasteiger partial charge on any atom is 0.274 e. The first-order chi connectivity index (χ1) is 9.13. The molecule has 0 aliphatic heterocycles. The Morgan fingerprint density at radius 2 is 2.26 bits per heavy atom.